The van der Waals surface area contributed by atoms with Crippen molar-refractivity contribution >= 4 is 20.2 Å². The summed E-state index contributed by atoms with van der Waals surface area (Å²) in [6, 6.07) is -1.63. The summed E-state index contributed by atoms with van der Waals surface area (Å²) in [5, 5.41) is 51.7. The second-order valence-corrected chi connectivity index (χ2v) is 8.49. The SMILES string of the molecule is CS(=O)(=O)OC[C@H](O)[C@H](O)[C@H](OS(C)(=O)=O)[C@@H](O)[C@H](O)[C@H](CO)N=[N+]=[N-]. The molecule has 0 heterocycles. The molecular weight excluding hydrogens is 402 g/mol. The van der Waals surface area contributed by atoms with Crippen LogP contribution in [0.25, 0.3) is 10.4 Å². The number of aliphatic hydroxyl groups is 5. The molecule has 0 radical (unpaired) electrons. The summed E-state index contributed by atoms with van der Waals surface area (Å²) >= 11 is 0. The van der Waals surface area contributed by atoms with E-state index in [4.69, 9.17) is 10.6 Å². The molecule has 0 saturated carbocycles. The van der Waals surface area contributed by atoms with Gasteiger partial charge in [-0.2, -0.15) is 16.8 Å². The minimum atomic E-state index is -4.34. The minimum Gasteiger partial charge on any atom is -0.396 e. The van der Waals surface area contributed by atoms with Gasteiger partial charge in [-0.05, 0) is 5.53 Å². The molecule has 154 valence electrons. The van der Waals surface area contributed by atoms with E-state index < -0.39 is 70.0 Å². The molecule has 0 saturated heterocycles. The maximum atomic E-state index is 11.3. The Labute approximate surface area is 149 Å². The lowest BCUT2D eigenvalue weighted by Crippen LogP contribution is -2.54. The van der Waals surface area contributed by atoms with Crippen molar-refractivity contribution in [2.75, 3.05) is 25.7 Å². The van der Waals surface area contributed by atoms with E-state index in [0.717, 1.165) is 0 Å². The van der Waals surface area contributed by atoms with Crippen LogP contribution in [0.5, 0.6) is 0 Å². The second kappa shape index (κ2) is 10.3. The van der Waals surface area contributed by atoms with Crippen molar-refractivity contribution in [1.82, 2.24) is 0 Å². The highest BCUT2D eigenvalue weighted by molar-refractivity contribution is 7.86. The van der Waals surface area contributed by atoms with E-state index in [1.165, 1.54) is 0 Å². The number of aliphatic hydroxyl groups excluding tert-OH is 5. The lowest BCUT2D eigenvalue weighted by atomic mass is 9.96. The molecule has 0 aromatic heterocycles. The first-order valence-corrected chi connectivity index (χ1v) is 10.5. The summed E-state index contributed by atoms with van der Waals surface area (Å²) in [5.74, 6) is 0. The minimum absolute atomic E-state index is 0.544. The van der Waals surface area contributed by atoms with Gasteiger partial charge in [0.05, 0.1) is 37.9 Å². The van der Waals surface area contributed by atoms with Gasteiger partial charge in [-0.25, -0.2) is 0 Å². The Bertz CT molecular complexity index is 691. The van der Waals surface area contributed by atoms with Crippen molar-refractivity contribution in [1.29, 1.82) is 0 Å². The molecule has 0 aliphatic heterocycles. The monoisotopic (exact) mass is 423 g/mol. The van der Waals surface area contributed by atoms with Crippen LogP contribution in [-0.4, -0.2) is 105 Å². The Morgan fingerprint density at radius 1 is 1.00 bits per heavy atom. The van der Waals surface area contributed by atoms with E-state index in [0.29, 0.717) is 12.5 Å². The molecule has 14 nitrogen and oxygen atoms in total. The van der Waals surface area contributed by atoms with Gasteiger partial charge in [0.2, 0.25) is 0 Å². The van der Waals surface area contributed by atoms with Crippen LogP contribution in [0.15, 0.2) is 5.11 Å². The molecule has 26 heavy (non-hydrogen) atoms. The highest BCUT2D eigenvalue weighted by Gasteiger charge is 2.41. The highest BCUT2D eigenvalue weighted by atomic mass is 32.2. The molecule has 0 rings (SSSR count). The van der Waals surface area contributed by atoms with E-state index in [-0.39, 0.29) is 0 Å². The van der Waals surface area contributed by atoms with Gasteiger partial charge in [-0.1, -0.05) is 5.11 Å². The summed E-state index contributed by atoms with van der Waals surface area (Å²) in [7, 11) is -8.34. The molecule has 16 heteroatoms. The number of azide groups is 1. The zero-order chi connectivity index (χ0) is 20.7. The molecular formula is C10H21N3O11S2. The van der Waals surface area contributed by atoms with Gasteiger partial charge in [0.15, 0.2) is 0 Å². The summed E-state index contributed by atoms with van der Waals surface area (Å²) in [6.07, 6.45) is -9.67. The Kier molecular flexibility index (Phi) is 9.89. The fourth-order valence-electron chi connectivity index (χ4n) is 1.73. The summed E-state index contributed by atoms with van der Waals surface area (Å²) in [5.41, 5.74) is 8.33. The van der Waals surface area contributed by atoms with Gasteiger partial charge in [-0.3, -0.25) is 8.37 Å². The molecule has 0 amide bonds. The molecule has 0 aliphatic carbocycles. The predicted octanol–water partition coefficient (Wildman–Crippen LogP) is -3.58. The van der Waals surface area contributed by atoms with Crippen LogP contribution < -0.4 is 0 Å². The van der Waals surface area contributed by atoms with Gasteiger partial charge >= 0.3 is 0 Å². The molecule has 0 fully saturated rings. The average molecular weight is 423 g/mol. The topological polar surface area (TPSA) is 237 Å². The number of hydrogen-bond acceptors (Lipinski definition) is 12. The molecule has 6 atom stereocenters. The summed E-state index contributed by atoms with van der Waals surface area (Å²) in [6.45, 7) is -1.95. The lowest BCUT2D eigenvalue weighted by molar-refractivity contribution is -0.131. The van der Waals surface area contributed by atoms with Crippen LogP contribution in [-0.2, 0) is 28.6 Å². The Balaban J connectivity index is 5.52. The molecule has 0 aliphatic rings. The van der Waals surface area contributed by atoms with Crippen LogP contribution >= 0.6 is 0 Å². The van der Waals surface area contributed by atoms with Gasteiger partial charge in [0.1, 0.15) is 24.4 Å². The van der Waals surface area contributed by atoms with Crippen molar-refractivity contribution in [3.8, 4) is 0 Å². The number of rotatable bonds is 12. The first kappa shape index (κ1) is 24.9. The Morgan fingerprint density at radius 2 is 1.54 bits per heavy atom. The molecule has 5 N–H and O–H groups in total. The van der Waals surface area contributed by atoms with Crippen LogP contribution in [0.4, 0.5) is 0 Å². The van der Waals surface area contributed by atoms with Crippen LogP contribution in [0.3, 0.4) is 0 Å². The second-order valence-electron chi connectivity index (χ2n) is 5.25. The quantitative estimate of drug-likeness (QED) is 0.0889. The van der Waals surface area contributed by atoms with Gasteiger partial charge < -0.3 is 25.5 Å². The molecule has 0 bridgehead atoms. The van der Waals surface area contributed by atoms with Gasteiger partial charge in [0.25, 0.3) is 20.2 Å². The van der Waals surface area contributed by atoms with E-state index >= 15 is 0 Å². The van der Waals surface area contributed by atoms with Crippen molar-refractivity contribution in [3.05, 3.63) is 10.4 Å². The number of hydrogen-bond donors (Lipinski definition) is 5. The maximum absolute atomic E-state index is 11.3. The Hall–Kier alpha value is -1.07. The third-order valence-corrected chi connectivity index (χ3v) is 4.07. The zero-order valence-corrected chi connectivity index (χ0v) is 15.4. The lowest BCUT2D eigenvalue weighted by Gasteiger charge is -2.32. The molecule has 0 unspecified atom stereocenters. The molecule has 0 aromatic carbocycles. The summed E-state index contributed by atoms with van der Waals surface area (Å²) in [4.78, 5) is 2.32. The third-order valence-electron chi connectivity index (χ3n) is 2.94. The van der Waals surface area contributed by atoms with Crippen molar-refractivity contribution in [2.45, 2.75) is 36.6 Å². The van der Waals surface area contributed by atoms with Crippen LogP contribution in [0, 0.1) is 0 Å². The maximum Gasteiger partial charge on any atom is 0.264 e. The first-order chi connectivity index (χ1) is 11.7. The molecule has 0 aromatic rings. The largest absolute Gasteiger partial charge is 0.396 e. The van der Waals surface area contributed by atoms with E-state index in [2.05, 4.69) is 18.4 Å². The summed E-state index contributed by atoms with van der Waals surface area (Å²) < 4.78 is 53.1. The fraction of sp³-hybridized carbons (Fsp3) is 1.00. The van der Waals surface area contributed by atoms with E-state index in [1.54, 1.807) is 0 Å². The highest BCUT2D eigenvalue weighted by Crippen LogP contribution is 2.18. The fourth-order valence-corrected chi connectivity index (χ4v) is 2.75. The zero-order valence-electron chi connectivity index (χ0n) is 13.7. The third kappa shape index (κ3) is 9.04. The molecule has 0 spiro atoms. The van der Waals surface area contributed by atoms with Crippen LogP contribution in [0.2, 0.25) is 0 Å². The Morgan fingerprint density at radius 3 is 1.92 bits per heavy atom. The normalized spacial score (nSPS) is 19.7. The first-order valence-electron chi connectivity index (χ1n) is 6.83. The predicted molar refractivity (Wildman–Crippen MR) is 84.6 cm³/mol. The number of nitrogens with zero attached hydrogens (tertiary/aromatic N) is 3. The van der Waals surface area contributed by atoms with Gasteiger partial charge in [-0.15, -0.1) is 0 Å². The van der Waals surface area contributed by atoms with E-state index in [9.17, 15) is 37.3 Å². The van der Waals surface area contributed by atoms with Crippen molar-refractivity contribution in [3.63, 3.8) is 0 Å². The smallest absolute Gasteiger partial charge is 0.264 e. The standard InChI is InChI=1S/C10H21N3O11S2/c1-25(19,20)23-4-6(15)8(17)10(24-26(2,21)22)9(18)7(16)5(3-14)12-13-11/h5-10,14-18H,3-4H2,1-2H3/t5-,6-,7+,8-,9-,10-/m0/s1. The van der Waals surface area contributed by atoms with E-state index in [1.807, 2.05) is 0 Å². The van der Waals surface area contributed by atoms with Gasteiger partial charge in [0, 0.05) is 4.91 Å². The van der Waals surface area contributed by atoms with Crippen molar-refractivity contribution < 1.29 is 50.7 Å². The van der Waals surface area contributed by atoms with Crippen molar-refractivity contribution in [2.24, 2.45) is 5.11 Å². The average Bonchev–Trinajstić information content (AvgIpc) is 2.51. The van der Waals surface area contributed by atoms with Crippen LogP contribution in [0.1, 0.15) is 0 Å².